The minimum absolute atomic E-state index is 0.0200. The molecule has 5 aliphatic rings. The van der Waals surface area contributed by atoms with Gasteiger partial charge < -0.3 is 4.90 Å². The molecule has 0 saturated heterocycles. The minimum Gasteiger partial charge on any atom is -0.326 e. The maximum atomic E-state index is 13.2. The summed E-state index contributed by atoms with van der Waals surface area (Å²) in [4.78, 5) is 15.0. The van der Waals surface area contributed by atoms with Crippen LogP contribution in [-0.4, -0.2) is 33.4 Å². The third kappa shape index (κ3) is 3.11. The van der Waals surface area contributed by atoms with E-state index >= 15 is 0 Å². The number of nitrogens with zero attached hydrogens (tertiary/aromatic N) is 2. The number of thioether (sulfide) groups is 1. The van der Waals surface area contributed by atoms with Crippen LogP contribution in [0.15, 0.2) is 0 Å². The van der Waals surface area contributed by atoms with Crippen molar-refractivity contribution in [2.24, 2.45) is 17.8 Å². The molecule has 0 aromatic carbocycles. The molecule has 5 fully saturated rings. The highest BCUT2D eigenvalue weighted by atomic mass is 32.2. The van der Waals surface area contributed by atoms with E-state index in [1.807, 2.05) is 23.7 Å². The molecule has 0 spiro atoms. The highest BCUT2D eigenvalue weighted by molar-refractivity contribution is 8.01. The normalized spacial score (nSPS) is 39.6. The largest absolute Gasteiger partial charge is 0.326 e. The molecule has 3 nitrogen and oxygen atoms in total. The zero-order valence-electron chi connectivity index (χ0n) is 15.8. The number of carbonyl (C=O) groups is 1. The summed E-state index contributed by atoms with van der Waals surface area (Å²) >= 11 is 1.97. The van der Waals surface area contributed by atoms with Crippen LogP contribution < -0.4 is 0 Å². The monoisotopic (exact) mass is 360 g/mol. The van der Waals surface area contributed by atoms with Gasteiger partial charge in [-0.3, -0.25) is 4.79 Å². The standard InChI is InChI=1S/C21H32N2OS/c1-15(19(24)23(2)20(14-22)6-4-3-5-7-20)25-21-11-16-8-17(12-21)10-18(9-16)13-21/h15-18H,3-13H2,1-2H3/t15-,16?,17?,18?,21?/m0/s1. The molecule has 4 heteroatoms. The van der Waals surface area contributed by atoms with Gasteiger partial charge in [0.1, 0.15) is 5.54 Å². The molecule has 0 unspecified atom stereocenters. The fourth-order valence-corrected chi connectivity index (χ4v) is 8.75. The third-order valence-electron chi connectivity index (χ3n) is 7.62. The Morgan fingerprint density at radius 1 is 1.08 bits per heavy atom. The Bertz CT molecular complexity index is 540. The van der Waals surface area contributed by atoms with Crippen molar-refractivity contribution in [2.75, 3.05) is 7.05 Å². The van der Waals surface area contributed by atoms with Crippen LogP contribution in [0.5, 0.6) is 0 Å². The van der Waals surface area contributed by atoms with Gasteiger partial charge in [0.25, 0.3) is 0 Å². The first-order chi connectivity index (χ1) is 12.0. The van der Waals surface area contributed by atoms with Gasteiger partial charge in [-0.25, -0.2) is 0 Å². The van der Waals surface area contributed by atoms with Crippen molar-refractivity contribution in [2.45, 2.75) is 93.1 Å². The van der Waals surface area contributed by atoms with E-state index in [9.17, 15) is 10.1 Å². The van der Waals surface area contributed by atoms with Crippen molar-refractivity contribution < 1.29 is 4.79 Å². The maximum Gasteiger partial charge on any atom is 0.236 e. The summed E-state index contributed by atoms with van der Waals surface area (Å²) in [6.45, 7) is 2.09. The summed E-state index contributed by atoms with van der Waals surface area (Å²) in [5.74, 6) is 2.94. The number of hydrogen-bond donors (Lipinski definition) is 0. The molecule has 4 bridgehead atoms. The zero-order valence-corrected chi connectivity index (χ0v) is 16.6. The summed E-state index contributed by atoms with van der Waals surface area (Å²) in [7, 11) is 1.88. The molecule has 1 amide bonds. The van der Waals surface area contributed by atoms with Crippen LogP contribution in [-0.2, 0) is 4.79 Å². The topological polar surface area (TPSA) is 44.1 Å². The first-order valence-corrected chi connectivity index (χ1v) is 11.2. The number of carbonyl (C=O) groups excluding carboxylic acids is 1. The molecule has 0 radical (unpaired) electrons. The molecular formula is C21H32N2OS. The van der Waals surface area contributed by atoms with Crippen molar-refractivity contribution >= 4 is 17.7 Å². The van der Waals surface area contributed by atoms with E-state index in [0.29, 0.717) is 4.75 Å². The Kier molecular flexibility index (Phi) is 4.59. The van der Waals surface area contributed by atoms with Crippen molar-refractivity contribution in [1.29, 1.82) is 5.26 Å². The van der Waals surface area contributed by atoms with Crippen molar-refractivity contribution in [3.05, 3.63) is 0 Å². The van der Waals surface area contributed by atoms with E-state index < -0.39 is 5.54 Å². The summed E-state index contributed by atoms with van der Waals surface area (Å²) < 4.78 is 0.358. The molecule has 0 heterocycles. The van der Waals surface area contributed by atoms with Crippen LogP contribution in [0.3, 0.4) is 0 Å². The van der Waals surface area contributed by atoms with E-state index in [-0.39, 0.29) is 11.2 Å². The molecular weight excluding hydrogens is 328 g/mol. The lowest BCUT2D eigenvalue weighted by atomic mass is 9.56. The number of rotatable bonds is 4. The molecule has 1 atom stereocenters. The quantitative estimate of drug-likeness (QED) is 0.726. The van der Waals surface area contributed by atoms with Crippen LogP contribution >= 0.6 is 11.8 Å². The van der Waals surface area contributed by atoms with Crippen LogP contribution in [0, 0.1) is 29.1 Å². The predicted octanol–water partition coefficient (Wildman–Crippen LogP) is 4.76. The Labute approximate surface area is 156 Å². The van der Waals surface area contributed by atoms with Crippen LogP contribution in [0.1, 0.15) is 77.6 Å². The Hall–Kier alpha value is -0.690. The van der Waals surface area contributed by atoms with Gasteiger partial charge in [0.05, 0.1) is 11.3 Å². The Morgan fingerprint density at radius 2 is 1.60 bits per heavy atom. The summed E-state index contributed by atoms with van der Waals surface area (Å²) in [6.07, 6.45) is 13.4. The van der Waals surface area contributed by atoms with Gasteiger partial charge in [-0.15, -0.1) is 11.8 Å². The molecule has 0 aliphatic heterocycles. The van der Waals surface area contributed by atoms with Crippen molar-refractivity contribution in [3.63, 3.8) is 0 Å². The van der Waals surface area contributed by atoms with Gasteiger partial charge in [-0.1, -0.05) is 19.3 Å². The molecule has 0 aromatic heterocycles. The first-order valence-electron chi connectivity index (χ1n) is 10.3. The lowest BCUT2D eigenvalue weighted by Gasteiger charge is -2.57. The van der Waals surface area contributed by atoms with Gasteiger partial charge in [-0.05, 0) is 76.0 Å². The van der Waals surface area contributed by atoms with Crippen molar-refractivity contribution in [3.8, 4) is 6.07 Å². The summed E-state index contributed by atoms with van der Waals surface area (Å²) in [5.41, 5.74) is -0.550. The van der Waals surface area contributed by atoms with Crippen LogP contribution in [0.2, 0.25) is 0 Å². The third-order valence-corrected chi connectivity index (χ3v) is 9.17. The van der Waals surface area contributed by atoms with Crippen LogP contribution in [0.25, 0.3) is 0 Å². The lowest BCUT2D eigenvalue weighted by Crippen LogP contribution is -2.54. The second-order valence-corrected chi connectivity index (χ2v) is 11.3. The number of nitriles is 1. The molecule has 0 N–H and O–H groups in total. The molecule has 0 aromatic rings. The second-order valence-electron chi connectivity index (χ2n) is 9.46. The SMILES string of the molecule is C[C@H](SC12CC3CC(CC(C3)C1)C2)C(=O)N(C)C1(C#N)CCCCC1. The first kappa shape index (κ1) is 17.7. The minimum atomic E-state index is -0.550. The summed E-state index contributed by atoms with van der Waals surface area (Å²) in [5, 5.41) is 9.77. The second kappa shape index (κ2) is 6.48. The molecule has 138 valence electrons. The highest BCUT2D eigenvalue weighted by Crippen LogP contribution is 2.61. The molecule has 5 aliphatic carbocycles. The Morgan fingerprint density at radius 3 is 2.08 bits per heavy atom. The average molecular weight is 361 g/mol. The average Bonchev–Trinajstić information content (AvgIpc) is 2.59. The highest BCUT2D eigenvalue weighted by Gasteiger charge is 2.52. The molecule has 5 saturated carbocycles. The number of amides is 1. The maximum absolute atomic E-state index is 13.2. The smallest absolute Gasteiger partial charge is 0.236 e. The zero-order chi connectivity index (χ0) is 17.7. The molecule has 25 heavy (non-hydrogen) atoms. The summed E-state index contributed by atoms with van der Waals surface area (Å²) in [6, 6.07) is 2.51. The van der Waals surface area contributed by atoms with E-state index in [4.69, 9.17) is 0 Å². The van der Waals surface area contributed by atoms with E-state index in [0.717, 1.165) is 43.4 Å². The fraction of sp³-hybridized carbons (Fsp3) is 0.905. The van der Waals surface area contributed by atoms with Gasteiger partial charge >= 0.3 is 0 Å². The fourth-order valence-electron chi connectivity index (χ4n) is 6.74. The van der Waals surface area contributed by atoms with E-state index in [1.165, 1.54) is 44.9 Å². The van der Waals surface area contributed by atoms with Gasteiger partial charge in [0.15, 0.2) is 0 Å². The lowest BCUT2D eigenvalue weighted by molar-refractivity contribution is -0.134. The Balaban J connectivity index is 1.45. The predicted molar refractivity (Wildman–Crippen MR) is 102 cm³/mol. The van der Waals surface area contributed by atoms with Gasteiger partial charge in [0.2, 0.25) is 5.91 Å². The van der Waals surface area contributed by atoms with E-state index in [2.05, 4.69) is 13.0 Å². The van der Waals surface area contributed by atoms with Gasteiger partial charge in [-0.2, -0.15) is 5.26 Å². The van der Waals surface area contributed by atoms with Crippen LogP contribution in [0.4, 0.5) is 0 Å². The van der Waals surface area contributed by atoms with Crippen molar-refractivity contribution in [1.82, 2.24) is 4.90 Å². The number of hydrogen-bond acceptors (Lipinski definition) is 3. The van der Waals surface area contributed by atoms with Gasteiger partial charge in [0, 0.05) is 11.8 Å². The molecule has 5 rings (SSSR count). The van der Waals surface area contributed by atoms with E-state index in [1.54, 1.807) is 0 Å².